The van der Waals surface area contributed by atoms with Gasteiger partial charge in [0.05, 0.1) is 18.0 Å². The fourth-order valence-corrected chi connectivity index (χ4v) is 6.50. The van der Waals surface area contributed by atoms with Gasteiger partial charge in [-0.05, 0) is 56.2 Å². The second kappa shape index (κ2) is 10.0. The van der Waals surface area contributed by atoms with Crippen molar-refractivity contribution in [3.63, 3.8) is 0 Å². The number of ether oxygens (including phenoxy) is 1. The number of likely N-dealkylation sites (tertiary alicyclic amines) is 1. The Labute approximate surface area is 183 Å². The minimum absolute atomic E-state index is 0.0118. The summed E-state index contributed by atoms with van der Waals surface area (Å²) < 4.78 is 39.3. The Kier molecular flexibility index (Phi) is 7.35. The Balaban J connectivity index is 1.38. The summed E-state index contributed by atoms with van der Waals surface area (Å²) in [5.74, 6) is -1.02. The van der Waals surface area contributed by atoms with E-state index in [1.807, 2.05) is 24.3 Å². The van der Waals surface area contributed by atoms with Crippen LogP contribution in [0.2, 0.25) is 0 Å². The molecule has 2 fully saturated rings. The van der Waals surface area contributed by atoms with Crippen LogP contribution in [0.3, 0.4) is 0 Å². The summed E-state index contributed by atoms with van der Waals surface area (Å²) in [5, 5.41) is 20.5. The van der Waals surface area contributed by atoms with Gasteiger partial charge in [0, 0.05) is 31.2 Å². The van der Waals surface area contributed by atoms with Gasteiger partial charge in [0.1, 0.15) is 5.58 Å². The SMILES string of the molecule is O=S(=O)(CC1CCCN(C2CCOCC2)C1)N[C@@H](Cc1coc2ccccc12)B(O)O. The molecular weight excluding hydrogens is 419 g/mol. The molecule has 10 heteroatoms. The van der Waals surface area contributed by atoms with Gasteiger partial charge in [-0.25, -0.2) is 13.1 Å². The highest BCUT2D eigenvalue weighted by Gasteiger charge is 2.33. The van der Waals surface area contributed by atoms with E-state index < -0.39 is 23.1 Å². The molecule has 31 heavy (non-hydrogen) atoms. The number of nitrogens with one attached hydrogen (secondary N) is 1. The Hall–Kier alpha value is -1.43. The second-order valence-corrected chi connectivity index (χ2v) is 10.5. The lowest BCUT2D eigenvalue weighted by Crippen LogP contribution is -2.51. The molecule has 1 aromatic heterocycles. The zero-order valence-corrected chi connectivity index (χ0v) is 18.5. The first-order valence-corrected chi connectivity index (χ1v) is 12.7. The molecule has 8 nitrogen and oxygen atoms in total. The van der Waals surface area contributed by atoms with Crippen LogP contribution in [0.1, 0.15) is 31.2 Å². The molecule has 1 aromatic carbocycles. The third kappa shape index (κ3) is 5.88. The van der Waals surface area contributed by atoms with E-state index in [-0.39, 0.29) is 18.1 Å². The molecule has 3 N–H and O–H groups in total. The summed E-state index contributed by atoms with van der Waals surface area (Å²) in [7, 11) is -5.50. The van der Waals surface area contributed by atoms with Crippen LogP contribution in [0.4, 0.5) is 0 Å². The number of rotatable bonds is 8. The molecule has 2 aromatic rings. The maximum atomic E-state index is 12.9. The number of para-hydroxylation sites is 1. The molecule has 0 amide bonds. The van der Waals surface area contributed by atoms with E-state index in [0.717, 1.165) is 62.9 Å². The lowest BCUT2D eigenvalue weighted by molar-refractivity contribution is 0.0197. The highest BCUT2D eigenvalue weighted by atomic mass is 32.2. The molecule has 0 radical (unpaired) electrons. The van der Waals surface area contributed by atoms with Crippen molar-refractivity contribution in [3.05, 3.63) is 36.1 Å². The van der Waals surface area contributed by atoms with Gasteiger partial charge in [0.15, 0.2) is 0 Å². The molecule has 0 aliphatic carbocycles. The number of hydrogen-bond acceptors (Lipinski definition) is 7. The van der Waals surface area contributed by atoms with Crippen LogP contribution in [0.25, 0.3) is 11.0 Å². The van der Waals surface area contributed by atoms with Crippen LogP contribution in [-0.4, -0.2) is 74.5 Å². The molecule has 2 aliphatic rings. The smallest absolute Gasteiger partial charge is 0.464 e. The quantitative estimate of drug-likeness (QED) is 0.518. The number of sulfonamides is 1. The molecule has 4 rings (SSSR count). The molecule has 0 saturated carbocycles. The Morgan fingerprint density at radius 1 is 1.19 bits per heavy atom. The van der Waals surface area contributed by atoms with Crippen molar-refractivity contribution < 1.29 is 27.6 Å². The molecule has 2 saturated heterocycles. The maximum Gasteiger partial charge on any atom is 0.471 e. The average Bonchev–Trinajstić information content (AvgIpc) is 3.16. The van der Waals surface area contributed by atoms with Gasteiger partial charge >= 0.3 is 7.12 Å². The van der Waals surface area contributed by atoms with Crippen LogP contribution in [0.15, 0.2) is 34.9 Å². The van der Waals surface area contributed by atoms with Crippen molar-refractivity contribution in [2.45, 2.75) is 44.1 Å². The topological polar surface area (TPSA) is 112 Å². The van der Waals surface area contributed by atoms with Crippen molar-refractivity contribution in [1.82, 2.24) is 9.62 Å². The van der Waals surface area contributed by atoms with Crippen molar-refractivity contribution in [3.8, 4) is 0 Å². The van der Waals surface area contributed by atoms with E-state index in [9.17, 15) is 18.5 Å². The van der Waals surface area contributed by atoms with Gasteiger partial charge < -0.3 is 19.2 Å². The highest BCUT2D eigenvalue weighted by Crippen LogP contribution is 2.25. The van der Waals surface area contributed by atoms with Gasteiger partial charge in [-0.1, -0.05) is 18.2 Å². The van der Waals surface area contributed by atoms with Crippen molar-refractivity contribution in [1.29, 1.82) is 0 Å². The minimum atomic E-state index is -3.69. The van der Waals surface area contributed by atoms with Crippen LogP contribution in [0, 0.1) is 5.92 Å². The number of furan rings is 1. The molecule has 170 valence electrons. The number of piperidine rings is 1. The first-order chi connectivity index (χ1) is 14.9. The molecule has 2 atom stereocenters. The lowest BCUT2D eigenvalue weighted by Gasteiger charge is -2.39. The summed E-state index contributed by atoms with van der Waals surface area (Å²) >= 11 is 0. The third-order valence-electron chi connectivity index (χ3n) is 6.40. The monoisotopic (exact) mass is 450 g/mol. The van der Waals surface area contributed by atoms with E-state index in [4.69, 9.17) is 9.15 Å². The Bertz CT molecular complexity index is 960. The lowest BCUT2D eigenvalue weighted by atomic mass is 9.77. The van der Waals surface area contributed by atoms with Crippen LogP contribution < -0.4 is 4.72 Å². The summed E-state index contributed by atoms with van der Waals surface area (Å²) in [5.41, 5.74) is 1.42. The molecular formula is C21H31BN2O6S. The van der Waals surface area contributed by atoms with Crippen molar-refractivity contribution in [2.24, 2.45) is 5.92 Å². The number of fused-ring (bicyclic) bond motifs is 1. The Morgan fingerprint density at radius 2 is 1.97 bits per heavy atom. The molecule has 3 heterocycles. The normalized spacial score (nSPS) is 22.6. The van der Waals surface area contributed by atoms with E-state index in [2.05, 4.69) is 9.62 Å². The highest BCUT2D eigenvalue weighted by molar-refractivity contribution is 7.89. The molecule has 1 unspecified atom stereocenters. The van der Waals surface area contributed by atoms with Crippen LogP contribution in [0.5, 0.6) is 0 Å². The van der Waals surface area contributed by atoms with Crippen LogP contribution >= 0.6 is 0 Å². The zero-order valence-electron chi connectivity index (χ0n) is 17.7. The maximum absolute atomic E-state index is 12.9. The fourth-order valence-electron chi connectivity index (χ4n) is 4.84. The molecule has 0 bridgehead atoms. The zero-order chi connectivity index (χ0) is 21.8. The molecule has 2 aliphatic heterocycles. The average molecular weight is 450 g/mol. The van der Waals surface area contributed by atoms with Gasteiger partial charge in [0.25, 0.3) is 0 Å². The predicted octanol–water partition coefficient (Wildman–Crippen LogP) is 1.17. The fraction of sp³-hybridized carbons (Fsp3) is 0.619. The number of benzene rings is 1. The number of nitrogens with zero attached hydrogens (tertiary/aromatic N) is 1. The van der Waals surface area contributed by atoms with E-state index >= 15 is 0 Å². The van der Waals surface area contributed by atoms with Crippen molar-refractivity contribution in [2.75, 3.05) is 32.1 Å². The predicted molar refractivity (Wildman–Crippen MR) is 119 cm³/mol. The first-order valence-electron chi connectivity index (χ1n) is 11.0. The van der Waals surface area contributed by atoms with Gasteiger partial charge in [-0.3, -0.25) is 4.90 Å². The van der Waals surface area contributed by atoms with Gasteiger partial charge in [-0.15, -0.1) is 0 Å². The van der Waals surface area contributed by atoms with Gasteiger partial charge in [-0.2, -0.15) is 0 Å². The number of hydrogen-bond donors (Lipinski definition) is 3. The standard InChI is InChI=1S/C21H31BN2O6S/c25-22(26)21(12-17-14-30-20-6-2-1-5-19(17)20)23-31(27,28)15-16-4-3-9-24(13-16)18-7-10-29-11-8-18/h1-2,5-6,14,16,18,21,23,25-26H,3-4,7-13,15H2/t16?,21-/m0/s1. The van der Waals surface area contributed by atoms with Gasteiger partial charge in [0.2, 0.25) is 10.0 Å². The second-order valence-electron chi connectivity index (χ2n) is 8.73. The minimum Gasteiger partial charge on any atom is -0.464 e. The molecule has 0 spiro atoms. The summed E-state index contributed by atoms with van der Waals surface area (Å²) in [6.07, 6.45) is 5.50. The van der Waals surface area contributed by atoms with E-state index in [1.165, 1.54) is 0 Å². The van der Waals surface area contributed by atoms with E-state index in [0.29, 0.717) is 11.6 Å². The summed E-state index contributed by atoms with van der Waals surface area (Å²) in [6, 6.07) is 7.87. The Morgan fingerprint density at radius 3 is 2.74 bits per heavy atom. The van der Waals surface area contributed by atoms with Crippen molar-refractivity contribution >= 4 is 28.1 Å². The largest absolute Gasteiger partial charge is 0.471 e. The van der Waals surface area contributed by atoms with E-state index in [1.54, 1.807) is 6.26 Å². The summed E-state index contributed by atoms with van der Waals surface area (Å²) in [6.45, 7) is 3.29. The first kappa shape index (κ1) is 22.8. The van der Waals surface area contributed by atoms with Crippen LogP contribution in [-0.2, 0) is 21.2 Å². The summed E-state index contributed by atoms with van der Waals surface area (Å²) in [4.78, 5) is 2.40. The third-order valence-corrected chi connectivity index (χ3v) is 7.98.